The lowest BCUT2D eigenvalue weighted by molar-refractivity contribution is 0.298. The standard InChI is InChI=1S/C12H16FN3/c1-9(6-14)7-16(2)8-10-3-4-11(15)5-12(10)13/h3-5,9H,7-8,15H2,1-2H3. The van der Waals surface area contributed by atoms with Gasteiger partial charge in [-0.3, -0.25) is 0 Å². The first kappa shape index (κ1) is 12.5. The Morgan fingerprint density at radius 2 is 2.25 bits per heavy atom. The van der Waals surface area contributed by atoms with Crippen LogP contribution in [0.3, 0.4) is 0 Å². The van der Waals surface area contributed by atoms with E-state index in [4.69, 9.17) is 11.0 Å². The minimum Gasteiger partial charge on any atom is -0.399 e. The summed E-state index contributed by atoms with van der Waals surface area (Å²) in [6.07, 6.45) is 0. The predicted octanol–water partition coefficient (Wildman–Crippen LogP) is 2.00. The minimum atomic E-state index is -0.295. The molecule has 0 aromatic heterocycles. The van der Waals surface area contributed by atoms with Crippen LogP contribution in [-0.2, 0) is 6.54 Å². The molecular weight excluding hydrogens is 205 g/mol. The average Bonchev–Trinajstić information content (AvgIpc) is 2.22. The first-order valence-corrected chi connectivity index (χ1v) is 5.15. The van der Waals surface area contributed by atoms with Crippen molar-refractivity contribution in [1.29, 1.82) is 5.26 Å². The molecule has 16 heavy (non-hydrogen) atoms. The average molecular weight is 221 g/mol. The summed E-state index contributed by atoms with van der Waals surface area (Å²) < 4.78 is 13.5. The van der Waals surface area contributed by atoms with E-state index in [0.29, 0.717) is 24.3 Å². The highest BCUT2D eigenvalue weighted by Gasteiger charge is 2.08. The summed E-state index contributed by atoms with van der Waals surface area (Å²) in [6, 6.07) is 6.83. The summed E-state index contributed by atoms with van der Waals surface area (Å²) in [6.45, 7) is 2.95. The number of hydrogen-bond donors (Lipinski definition) is 1. The van der Waals surface area contributed by atoms with E-state index in [1.54, 1.807) is 12.1 Å². The molecule has 0 amide bonds. The van der Waals surface area contributed by atoms with E-state index in [0.717, 1.165) is 0 Å². The molecule has 0 aliphatic heterocycles. The number of nitriles is 1. The van der Waals surface area contributed by atoms with Crippen LogP contribution in [0.2, 0.25) is 0 Å². The van der Waals surface area contributed by atoms with Crippen LogP contribution in [0.4, 0.5) is 10.1 Å². The molecule has 1 atom stereocenters. The van der Waals surface area contributed by atoms with Crippen molar-refractivity contribution in [3.05, 3.63) is 29.6 Å². The number of nitrogens with zero attached hydrogens (tertiary/aromatic N) is 2. The van der Waals surface area contributed by atoms with Crippen molar-refractivity contribution in [3.8, 4) is 6.07 Å². The van der Waals surface area contributed by atoms with E-state index in [1.807, 2.05) is 18.9 Å². The van der Waals surface area contributed by atoms with Gasteiger partial charge in [-0.05, 0) is 26.1 Å². The van der Waals surface area contributed by atoms with Gasteiger partial charge in [-0.2, -0.15) is 5.26 Å². The van der Waals surface area contributed by atoms with Crippen LogP contribution in [-0.4, -0.2) is 18.5 Å². The SMILES string of the molecule is CC(C#N)CN(C)Cc1ccc(N)cc1F. The topological polar surface area (TPSA) is 53.0 Å². The molecule has 0 fully saturated rings. The molecule has 0 bridgehead atoms. The molecule has 2 N–H and O–H groups in total. The second-order valence-corrected chi connectivity index (χ2v) is 4.08. The molecule has 86 valence electrons. The third-order valence-corrected chi connectivity index (χ3v) is 2.32. The number of rotatable bonds is 4. The van der Waals surface area contributed by atoms with Gasteiger partial charge in [0.15, 0.2) is 0 Å². The van der Waals surface area contributed by atoms with Gasteiger partial charge < -0.3 is 10.6 Å². The second-order valence-electron chi connectivity index (χ2n) is 4.08. The maximum absolute atomic E-state index is 13.5. The third-order valence-electron chi connectivity index (χ3n) is 2.32. The van der Waals surface area contributed by atoms with Crippen molar-refractivity contribution in [3.63, 3.8) is 0 Å². The maximum Gasteiger partial charge on any atom is 0.129 e. The van der Waals surface area contributed by atoms with Crippen molar-refractivity contribution in [1.82, 2.24) is 4.90 Å². The van der Waals surface area contributed by atoms with Crippen molar-refractivity contribution in [2.75, 3.05) is 19.3 Å². The van der Waals surface area contributed by atoms with Gasteiger partial charge in [0, 0.05) is 24.3 Å². The molecule has 0 radical (unpaired) electrons. The number of anilines is 1. The number of benzene rings is 1. The number of hydrogen-bond acceptors (Lipinski definition) is 3. The van der Waals surface area contributed by atoms with E-state index in [2.05, 4.69) is 6.07 Å². The molecule has 4 heteroatoms. The molecular formula is C12H16FN3. The van der Waals surface area contributed by atoms with Crippen LogP contribution in [0.25, 0.3) is 0 Å². The predicted molar refractivity (Wildman–Crippen MR) is 61.9 cm³/mol. The highest BCUT2D eigenvalue weighted by molar-refractivity contribution is 5.40. The van der Waals surface area contributed by atoms with Crippen LogP contribution < -0.4 is 5.73 Å². The smallest absolute Gasteiger partial charge is 0.129 e. The van der Waals surface area contributed by atoms with Crippen LogP contribution in [0.5, 0.6) is 0 Å². The van der Waals surface area contributed by atoms with E-state index < -0.39 is 0 Å². The van der Waals surface area contributed by atoms with Crippen LogP contribution >= 0.6 is 0 Å². The first-order valence-electron chi connectivity index (χ1n) is 5.15. The Kier molecular flexibility index (Phi) is 4.27. The maximum atomic E-state index is 13.5. The normalized spacial score (nSPS) is 12.4. The fourth-order valence-electron chi connectivity index (χ4n) is 1.56. The van der Waals surface area contributed by atoms with Crippen molar-refractivity contribution < 1.29 is 4.39 Å². The van der Waals surface area contributed by atoms with Crippen molar-refractivity contribution >= 4 is 5.69 Å². The van der Waals surface area contributed by atoms with Gasteiger partial charge in [-0.15, -0.1) is 0 Å². The lowest BCUT2D eigenvalue weighted by Gasteiger charge is -2.18. The zero-order chi connectivity index (χ0) is 12.1. The lowest BCUT2D eigenvalue weighted by Crippen LogP contribution is -2.23. The van der Waals surface area contributed by atoms with Crippen LogP contribution in [0.1, 0.15) is 12.5 Å². The van der Waals surface area contributed by atoms with Gasteiger partial charge in [-0.25, -0.2) is 4.39 Å². The monoisotopic (exact) mass is 221 g/mol. The highest BCUT2D eigenvalue weighted by atomic mass is 19.1. The molecule has 1 rings (SSSR count). The second kappa shape index (κ2) is 5.47. The zero-order valence-corrected chi connectivity index (χ0v) is 9.57. The number of nitrogens with two attached hydrogens (primary N) is 1. The van der Waals surface area contributed by atoms with Gasteiger partial charge in [-0.1, -0.05) is 6.07 Å². The summed E-state index contributed by atoms with van der Waals surface area (Å²) >= 11 is 0. The van der Waals surface area contributed by atoms with Crippen molar-refractivity contribution in [2.45, 2.75) is 13.5 Å². The first-order chi connectivity index (χ1) is 7.52. The van der Waals surface area contributed by atoms with Crippen LogP contribution in [0.15, 0.2) is 18.2 Å². The third kappa shape index (κ3) is 3.52. The molecule has 1 aromatic carbocycles. The van der Waals surface area contributed by atoms with E-state index in [-0.39, 0.29) is 11.7 Å². The summed E-state index contributed by atoms with van der Waals surface area (Å²) in [5.41, 5.74) is 6.49. The minimum absolute atomic E-state index is 0.0538. The molecule has 0 aliphatic rings. The Morgan fingerprint density at radius 1 is 1.56 bits per heavy atom. The van der Waals surface area contributed by atoms with Gasteiger partial charge in [0.1, 0.15) is 5.82 Å². The van der Waals surface area contributed by atoms with Gasteiger partial charge in [0.05, 0.1) is 12.0 Å². The lowest BCUT2D eigenvalue weighted by atomic mass is 10.1. The Balaban J connectivity index is 2.63. The van der Waals surface area contributed by atoms with E-state index >= 15 is 0 Å². The Bertz CT molecular complexity index is 398. The largest absolute Gasteiger partial charge is 0.399 e. The molecule has 1 unspecified atom stereocenters. The Hall–Kier alpha value is -1.60. The molecule has 3 nitrogen and oxygen atoms in total. The Labute approximate surface area is 95.3 Å². The molecule has 0 saturated heterocycles. The Morgan fingerprint density at radius 3 is 2.81 bits per heavy atom. The quantitative estimate of drug-likeness (QED) is 0.791. The van der Waals surface area contributed by atoms with Crippen LogP contribution in [0, 0.1) is 23.1 Å². The molecule has 0 spiro atoms. The number of halogens is 1. The molecule has 0 heterocycles. The van der Waals surface area contributed by atoms with E-state index in [1.165, 1.54) is 6.07 Å². The van der Waals surface area contributed by atoms with E-state index in [9.17, 15) is 4.39 Å². The molecule has 0 aliphatic carbocycles. The van der Waals surface area contributed by atoms with Gasteiger partial charge in [0.25, 0.3) is 0 Å². The fourth-order valence-corrected chi connectivity index (χ4v) is 1.56. The summed E-state index contributed by atoms with van der Waals surface area (Å²) in [5, 5.41) is 8.67. The highest BCUT2D eigenvalue weighted by Crippen LogP contribution is 2.13. The van der Waals surface area contributed by atoms with Gasteiger partial charge in [0.2, 0.25) is 0 Å². The zero-order valence-electron chi connectivity index (χ0n) is 9.57. The fraction of sp³-hybridized carbons (Fsp3) is 0.417. The summed E-state index contributed by atoms with van der Waals surface area (Å²) in [5.74, 6) is -0.349. The summed E-state index contributed by atoms with van der Waals surface area (Å²) in [7, 11) is 1.86. The number of nitrogen functional groups attached to an aromatic ring is 1. The van der Waals surface area contributed by atoms with Gasteiger partial charge >= 0.3 is 0 Å². The summed E-state index contributed by atoms with van der Waals surface area (Å²) in [4.78, 5) is 1.92. The molecule has 1 aromatic rings. The van der Waals surface area contributed by atoms with Crippen molar-refractivity contribution in [2.24, 2.45) is 5.92 Å². The molecule has 0 saturated carbocycles.